The average molecular weight is 257 g/mol. The predicted molar refractivity (Wildman–Crippen MR) is 79.2 cm³/mol. The first kappa shape index (κ1) is 13.8. The molecule has 0 radical (unpaired) electrons. The fourth-order valence-electron chi connectivity index (χ4n) is 2.27. The van der Waals surface area contributed by atoms with Crippen LogP contribution in [0.4, 0.5) is 0 Å². The Labute approximate surface area is 115 Å². The molecule has 2 rings (SSSR count). The number of nitrogens with one attached hydrogen (secondary N) is 1. The molecule has 1 N–H and O–H groups in total. The van der Waals surface area contributed by atoms with Crippen molar-refractivity contribution >= 4 is 0 Å². The van der Waals surface area contributed by atoms with Crippen molar-refractivity contribution in [2.45, 2.75) is 32.2 Å². The fraction of sp³-hybridized carbons (Fsp3) is 0.438. The van der Waals surface area contributed by atoms with E-state index in [1.54, 1.807) is 0 Å². The lowest BCUT2D eigenvalue weighted by Crippen LogP contribution is -2.29. The van der Waals surface area contributed by atoms with E-state index in [-0.39, 0.29) is 0 Å². The molecule has 1 aromatic carbocycles. The van der Waals surface area contributed by atoms with Crippen molar-refractivity contribution < 1.29 is 0 Å². The SMILES string of the molecule is CC(C)NCC(Cc1ccnn1C)c1ccccc1. The summed E-state index contributed by atoms with van der Waals surface area (Å²) in [4.78, 5) is 0. The van der Waals surface area contributed by atoms with E-state index in [1.807, 2.05) is 17.9 Å². The molecule has 0 fully saturated rings. The summed E-state index contributed by atoms with van der Waals surface area (Å²) in [5.74, 6) is 0.485. The van der Waals surface area contributed by atoms with Gasteiger partial charge < -0.3 is 5.32 Å². The van der Waals surface area contributed by atoms with Crippen molar-refractivity contribution in [1.29, 1.82) is 0 Å². The molecule has 1 atom stereocenters. The molecule has 0 aliphatic heterocycles. The fourth-order valence-corrected chi connectivity index (χ4v) is 2.27. The molecule has 1 heterocycles. The van der Waals surface area contributed by atoms with Crippen LogP contribution in [0.3, 0.4) is 0 Å². The Morgan fingerprint density at radius 2 is 1.89 bits per heavy atom. The average Bonchev–Trinajstić information content (AvgIpc) is 2.81. The van der Waals surface area contributed by atoms with Gasteiger partial charge in [0.2, 0.25) is 0 Å². The minimum absolute atomic E-state index is 0.485. The molecule has 0 aliphatic carbocycles. The molecule has 102 valence electrons. The van der Waals surface area contributed by atoms with Gasteiger partial charge >= 0.3 is 0 Å². The highest BCUT2D eigenvalue weighted by atomic mass is 15.2. The molecule has 2 aromatic rings. The van der Waals surface area contributed by atoms with Gasteiger partial charge in [-0.15, -0.1) is 0 Å². The van der Waals surface area contributed by atoms with Crippen molar-refractivity contribution in [3.05, 3.63) is 53.9 Å². The highest BCUT2D eigenvalue weighted by Gasteiger charge is 2.14. The third-order valence-electron chi connectivity index (χ3n) is 3.42. The number of aryl methyl sites for hydroxylation is 1. The maximum atomic E-state index is 4.25. The van der Waals surface area contributed by atoms with Gasteiger partial charge in [-0.3, -0.25) is 4.68 Å². The second-order valence-corrected chi connectivity index (χ2v) is 5.32. The Bertz CT molecular complexity index is 488. The van der Waals surface area contributed by atoms with Gasteiger partial charge in [-0.25, -0.2) is 0 Å². The maximum Gasteiger partial charge on any atom is 0.0492 e. The number of aromatic nitrogens is 2. The Kier molecular flexibility index (Phi) is 4.74. The summed E-state index contributed by atoms with van der Waals surface area (Å²) >= 11 is 0. The lowest BCUT2D eigenvalue weighted by atomic mass is 9.94. The minimum Gasteiger partial charge on any atom is -0.314 e. The van der Waals surface area contributed by atoms with Gasteiger partial charge in [0.05, 0.1) is 0 Å². The zero-order valence-corrected chi connectivity index (χ0v) is 12.0. The highest BCUT2D eigenvalue weighted by Crippen LogP contribution is 2.20. The molecular formula is C16H23N3. The number of rotatable bonds is 6. The molecule has 3 heteroatoms. The van der Waals surface area contributed by atoms with Crippen LogP contribution in [-0.4, -0.2) is 22.4 Å². The molecule has 0 aliphatic rings. The molecule has 0 spiro atoms. The van der Waals surface area contributed by atoms with Crippen molar-refractivity contribution in [3.8, 4) is 0 Å². The van der Waals surface area contributed by atoms with Gasteiger partial charge in [0.15, 0.2) is 0 Å². The van der Waals surface area contributed by atoms with Crippen LogP contribution in [0.5, 0.6) is 0 Å². The summed E-state index contributed by atoms with van der Waals surface area (Å²) in [5, 5.41) is 7.80. The first-order valence-corrected chi connectivity index (χ1v) is 6.92. The van der Waals surface area contributed by atoms with Crippen LogP contribution in [0.1, 0.15) is 31.0 Å². The second-order valence-electron chi connectivity index (χ2n) is 5.32. The van der Waals surface area contributed by atoms with Crippen LogP contribution < -0.4 is 5.32 Å². The molecule has 1 unspecified atom stereocenters. The summed E-state index contributed by atoms with van der Waals surface area (Å²) in [6, 6.07) is 13.3. The lowest BCUT2D eigenvalue weighted by molar-refractivity contribution is 0.516. The lowest BCUT2D eigenvalue weighted by Gasteiger charge is -2.20. The molecule has 0 saturated heterocycles. The summed E-state index contributed by atoms with van der Waals surface area (Å²) < 4.78 is 1.96. The van der Waals surface area contributed by atoms with Crippen LogP contribution in [0, 0.1) is 0 Å². The quantitative estimate of drug-likeness (QED) is 0.862. The van der Waals surface area contributed by atoms with Crippen LogP contribution in [0.2, 0.25) is 0 Å². The summed E-state index contributed by atoms with van der Waals surface area (Å²) in [6.07, 6.45) is 2.88. The monoisotopic (exact) mass is 257 g/mol. The molecule has 3 nitrogen and oxygen atoms in total. The smallest absolute Gasteiger partial charge is 0.0492 e. The van der Waals surface area contributed by atoms with E-state index >= 15 is 0 Å². The largest absolute Gasteiger partial charge is 0.314 e. The van der Waals surface area contributed by atoms with E-state index < -0.39 is 0 Å². The third kappa shape index (κ3) is 3.93. The summed E-state index contributed by atoms with van der Waals surface area (Å²) in [7, 11) is 2.01. The first-order chi connectivity index (χ1) is 9.16. The van der Waals surface area contributed by atoms with E-state index in [2.05, 4.69) is 60.7 Å². The zero-order chi connectivity index (χ0) is 13.7. The number of benzene rings is 1. The van der Waals surface area contributed by atoms with Gasteiger partial charge in [0.1, 0.15) is 0 Å². The van der Waals surface area contributed by atoms with Gasteiger partial charge in [-0.1, -0.05) is 44.2 Å². The number of hydrogen-bond donors (Lipinski definition) is 1. The standard InChI is InChI=1S/C16H23N3/c1-13(2)17-12-15(14-7-5-4-6-8-14)11-16-9-10-18-19(16)3/h4-10,13,15,17H,11-12H2,1-3H3. The Morgan fingerprint density at radius 3 is 2.47 bits per heavy atom. The first-order valence-electron chi connectivity index (χ1n) is 6.92. The Hall–Kier alpha value is -1.61. The van der Waals surface area contributed by atoms with Crippen molar-refractivity contribution in [1.82, 2.24) is 15.1 Å². The van der Waals surface area contributed by atoms with Crippen LogP contribution in [-0.2, 0) is 13.5 Å². The van der Waals surface area contributed by atoms with Gasteiger partial charge in [0.25, 0.3) is 0 Å². The van der Waals surface area contributed by atoms with Gasteiger partial charge in [-0.2, -0.15) is 5.10 Å². The van der Waals surface area contributed by atoms with E-state index in [9.17, 15) is 0 Å². The molecular weight excluding hydrogens is 234 g/mol. The third-order valence-corrected chi connectivity index (χ3v) is 3.42. The second kappa shape index (κ2) is 6.53. The Balaban J connectivity index is 2.12. The van der Waals surface area contributed by atoms with Crippen LogP contribution in [0.25, 0.3) is 0 Å². The zero-order valence-electron chi connectivity index (χ0n) is 12.0. The normalized spacial score (nSPS) is 12.8. The maximum absolute atomic E-state index is 4.25. The predicted octanol–water partition coefficient (Wildman–Crippen LogP) is 2.74. The van der Waals surface area contributed by atoms with Crippen molar-refractivity contribution in [2.75, 3.05) is 6.54 Å². The Morgan fingerprint density at radius 1 is 1.16 bits per heavy atom. The minimum atomic E-state index is 0.485. The topological polar surface area (TPSA) is 29.9 Å². The van der Waals surface area contributed by atoms with Crippen LogP contribution in [0.15, 0.2) is 42.6 Å². The summed E-state index contributed by atoms with van der Waals surface area (Å²) in [5.41, 5.74) is 2.66. The van der Waals surface area contributed by atoms with Crippen molar-refractivity contribution in [3.63, 3.8) is 0 Å². The summed E-state index contributed by atoms with van der Waals surface area (Å²) in [6.45, 7) is 5.37. The number of hydrogen-bond acceptors (Lipinski definition) is 2. The van der Waals surface area contributed by atoms with Gasteiger partial charge in [-0.05, 0) is 18.1 Å². The van der Waals surface area contributed by atoms with E-state index in [0.29, 0.717) is 12.0 Å². The molecule has 0 bridgehead atoms. The molecule has 0 saturated carbocycles. The molecule has 0 amide bonds. The number of nitrogens with zero attached hydrogens (tertiary/aromatic N) is 2. The molecule has 19 heavy (non-hydrogen) atoms. The van der Waals surface area contributed by atoms with Gasteiger partial charge in [0, 0.05) is 37.4 Å². The van der Waals surface area contributed by atoms with E-state index in [0.717, 1.165) is 13.0 Å². The van der Waals surface area contributed by atoms with Crippen LogP contribution >= 0.6 is 0 Å². The van der Waals surface area contributed by atoms with E-state index in [4.69, 9.17) is 0 Å². The van der Waals surface area contributed by atoms with E-state index in [1.165, 1.54) is 11.3 Å². The highest BCUT2D eigenvalue weighted by molar-refractivity contribution is 5.22. The molecule has 1 aromatic heterocycles. The van der Waals surface area contributed by atoms with Crippen molar-refractivity contribution in [2.24, 2.45) is 7.05 Å².